The number of carboxylic acids is 1. The number of carboxylic acid groups (broad SMARTS) is 1. The molecule has 1 rings (SSSR count). The van der Waals surface area contributed by atoms with E-state index in [2.05, 4.69) is 12.2 Å². The second-order valence-electron chi connectivity index (χ2n) is 4.55. The zero-order valence-corrected chi connectivity index (χ0v) is 12.3. The van der Waals surface area contributed by atoms with Crippen molar-refractivity contribution in [3.8, 4) is 0 Å². The molecule has 1 aromatic carbocycles. The van der Waals surface area contributed by atoms with E-state index in [4.69, 9.17) is 5.11 Å². The zero-order chi connectivity index (χ0) is 13.2. The molecule has 0 atom stereocenters. The molecule has 0 bridgehead atoms. The largest absolute Gasteiger partial charge is 0.478 e. The van der Waals surface area contributed by atoms with Gasteiger partial charge in [-0.3, -0.25) is 0 Å². The summed E-state index contributed by atoms with van der Waals surface area (Å²) in [7, 11) is 0. The van der Waals surface area contributed by atoms with Crippen molar-refractivity contribution in [3.05, 3.63) is 35.4 Å². The summed E-state index contributed by atoms with van der Waals surface area (Å²) in [5.74, 6) is -0.852. The van der Waals surface area contributed by atoms with Crippen molar-refractivity contribution in [1.82, 2.24) is 5.32 Å². The van der Waals surface area contributed by atoms with E-state index in [1.54, 1.807) is 12.1 Å². The summed E-state index contributed by atoms with van der Waals surface area (Å²) in [6, 6.07) is 7.16. The number of hydrogen-bond donors (Lipinski definition) is 2. The van der Waals surface area contributed by atoms with Crippen molar-refractivity contribution >= 4 is 18.4 Å². The molecule has 0 unspecified atom stereocenters. The lowest BCUT2D eigenvalue weighted by Crippen LogP contribution is -2.17. The highest BCUT2D eigenvalue weighted by Crippen LogP contribution is 2.08. The van der Waals surface area contributed by atoms with Crippen LogP contribution in [0.5, 0.6) is 0 Å². The molecule has 0 aliphatic heterocycles. The van der Waals surface area contributed by atoms with Gasteiger partial charge in [-0.15, -0.1) is 12.4 Å². The van der Waals surface area contributed by atoms with Gasteiger partial charge in [0.2, 0.25) is 0 Å². The van der Waals surface area contributed by atoms with E-state index in [0.29, 0.717) is 12.1 Å². The molecule has 4 heteroatoms. The maximum absolute atomic E-state index is 11.0. The van der Waals surface area contributed by atoms with Gasteiger partial charge >= 0.3 is 5.97 Å². The lowest BCUT2D eigenvalue weighted by atomic mass is 10.1. The van der Waals surface area contributed by atoms with Crippen LogP contribution in [-0.2, 0) is 6.54 Å². The summed E-state index contributed by atoms with van der Waals surface area (Å²) in [5, 5.41) is 12.3. The minimum atomic E-state index is -0.852. The van der Waals surface area contributed by atoms with Crippen LogP contribution in [0.2, 0.25) is 0 Å². The molecule has 0 aliphatic carbocycles. The van der Waals surface area contributed by atoms with Crippen LogP contribution in [0.3, 0.4) is 0 Å². The molecular weight excluding hydrogens is 262 g/mol. The first-order valence-corrected chi connectivity index (χ1v) is 6.77. The SMILES string of the molecule is CCCCCCCNCc1ccccc1C(=O)O.Cl. The van der Waals surface area contributed by atoms with E-state index in [1.807, 2.05) is 12.1 Å². The molecule has 0 fully saturated rings. The molecule has 0 saturated carbocycles. The minimum Gasteiger partial charge on any atom is -0.478 e. The highest BCUT2D eigenvalue weighted by Gasteiger charge is 2.07. The summed E-state index contributed by atoms with van der Waals surface area (Å²) in [5.41, 5.74) is 1.26. The van der Waals surface area contributed by atoms with Gasteiger partial charge in [-0.1, -0.05) is 50.8 Å². The molecule has 108 valence electrons. The summed E-state index contributed by atoms with van der Waals surface area (Å²) < 4.78 is 0. The third kappa shape index (κ3) is 7.19. The summed E-state index contributed by atoms with van der Waals surface area (Å²) in [4.78, 5) is 11.0. The van der Waals surface area contributed by atoms with Crippen molar-refractivity contribution < 1.29 is 9.90 Å². The van der Waals surface area contributed by atoms with Crippen LogP contribution in [0, 0.1) is 0 Å². The molecule has 2 N–H and O–H groups in total. The lowest BCUT2D eigenvalue weighted by molar-refractivity contribution is 0.0695. The van der Waals surface area contributed by atoms with E-state index >= 15 is 0 Å². The fraction of sp³-hybridized carbons (Fsp3) is 0.533. The molecule has 0 aliphatic rings. The van der Waals surface area contributed by atoms with Gasteiger partial charge in [-0.05, 0) is 24.6 Å². The average Bonchev–Trinajstić information content (AvgIpc) is 2.38. The normalized spacial score (nSPS) is 9.95. The molecule has 0 amide bonds. The summed E-state index contributed by atoms with van der Waals surface area (Å²) in [6.07, 6.45) is 6.28. The molecule has 0 heterocycles. The Morgan fingerprint density at radius 2 is 1.84 bits per heavy atom. The molecular formula is C15H24ClNO2. The molecule has 0 spiro atoms. The van der Waals surface area contributed by atoms with Crippen LogP contribution >= 0.6 is 12.4 Å². The highest BCUT2D eigenvalue weighted by atomic mass is 35.5. The number of carbonyl (C=O) groups is 1. The smallest absolute Gasteiger partial charge is 0.336 e. The molecule has 19 heavy (non-hydrogen) atoms. The monoisotopic (exact) mass is 285 g/mol. The number of halogens is 1. The first-order chi connectivity index (χ1) is 8.75. The topological polar surface area (TPSA) is 49.3 Å². The maximum atomic E-state index is 11.0. The fourth-order valence-electron chi connectivity index (χ4n) is 1.96. The molecule has 1 aromatic rings. The summed E-state index contributed by atoms with van der Waals surface area (Å²) >= 11 is 0. The van der Waals surface area contributed by atoms with Gasteiger partial charge in [-0.2, -0.15) is 0 Å². The molecule has 0 saturated heterocycles. The second kappa shape index (κ2) is 10.8. The van der Waals surface area contributed by atoms with Gasteiger partial charge in [0.05, 0.1) is 5.56 Å². The highest BCUT2D eigenvalue weighted by molar-refractivity contribution is 5.89. The van der Waals surface area contributed by atoms with Gasteiger partial charge in [0.1, 0.15) is 0 Å². The standard InChI is InChI=1S/C15H23NO2.ClH/c1-2-3-4-5-8-11-16-12-13-9-6-7-10-14(13)15(17)18;/h6-7,9-10,16H,2-5,8,11-12H2,1H3,(H,17,18);1H. The Balaban J connectivity index is 0.00000324. The van der Waals surface area contributed by atoms with E-state index in [1.165, 1.54) is 25.7 Å². The first kappa shape index (κ1) is 17.9. The Morgan fingerprint density at radius 1 is 1.16 bits per heavy atom. The zero-order valence-electron chi connectivity index (χ0n) is 11.5. The third-order valence-electron chi connectivity index (χ3n) is 3.02. The number of hydrogen-bond acceptors (Lipinski definition) is 2. The Hall–Kier alpha value is -1.06. The van der Waals surface area contributed by atoms with Gasteiger partial charge in [-0.25, -0.2) is 4.79 Å². The number of nitrogens with one attached hydrogen (secondary N) is 1. The first-order valence-electron chi connectivity index (χ1n) is 6.77. The van der Waals surface area contributed by atoms with Crippen molar-refractivity contribution in [1.29, 1.82) is 0 Å². The van der Waals surface area contributed by atoms with E-state index in [-0.39, 0.29) is 12.4 Å². The predicted octanol–water partition coefficient (Wildman–Crippen LogP) is 3.87. The van der Waals surface area contributed by atoms with Crippen LogP contribution in [0.15, 0.2) is 24.3 Å². The Labute approximate surface area is 121 Å². The predicted molar refractivity (Wildman–Crippen MR) is 81.1 cm³/mol. The molecule has 3 nitrogen and oxygen atoms in total. The average molecular weight is 286 g/mol. The van der Waals surface area contributed by atoms with Crippen molar-refractivity contribution in [2.75, 3.05) is 6.54 Å². The number of benzene rings is 1. The van der Waals surface area contributed by atoms with Crippen LogP contribution in [-0.4, -0.2) is 17.6 Å². The molecule has 0 aromatic heterocycles. The Morgan fingerprint density at radius 3 is 2.53 bits per heavy atom. The van der Waals surface area contributed by atoms with E-state index in [9.17, 15) is 4.79 Å². The van der Waals surface area contributed by atoms with E-state index in [0.717, 1.165) is 18.5 Å². The Kier molecular flexibility index (Phi) is 10.2. The number of aromatic carboxylic acids is 1. The van der Waals surface area contributed by atoms with Crippen LogP contribution in [0.25, 0.3) is 0 Å². The van der Waals surface area contributed by atoms with Crippen molar-refractivity contribution in [2.45, 2.75) is 45.6 Å². The second-order valence-corrected chi connectivity index (χ2v) is 4.55. The van der Waals surface area contributed by atoms with Gasteiger partial charge < -0.3 is 10.4 Å². The third-order valence-corrected chi connectivity index (χ3v) is 3.02. The molecule has 0 radical (unpaired) electrons. The number of rotatable bonds is 9. The van der Waals surface area contributed by atoms with Crippen LogP contribution in [0.1, 0.15) is 54.9 Å². The minimum absolute atomic E-state index is 0. The summed E-state index contributed by atoms with van der Waals surface area (Å²) in [6.45, 7) is 3.80. The van der Waals surface area contributed by atoms with Gasteiger partial charge in [0.15, 0.2) is 0 Å². The van der Waals surface area contributed by atoms with Crippen molar-refractivity contribution in [2.24, 2.45) is 0 Å². The maximum Gasteiger partial charge on any atom is 0.336 e. The number of unbranched alkanes of at least 4 members (excludes halogenated alkanes) is 4. The quantitative estimate of drug-likeness (QED) is 0.677. The van der Waals surface area contributed by atoms with Crippen LogP contribution in [0.4, 0.5) is 0 Å². The van der Waals surface area contributed by atoms with Crippen molar-refractivity contribution in [3.63, 3.8) is 0 Å². The Bertz CT molecular complexity index is 369. The fourth-order valence-corrected chi connectivity index (χ4v) is 1.96. The van der Waals surface area contributed by atoms with Gasteiger partial charge in [0, 0.05) is 6.54 Å². The van der Waals surface area contributed by atoms with Crippen LogP contribution < -0.4 is 5.32 Å². The van der Waals surface area contributed by atoms with E-state index < -0.39 is 5.97 Å². The van der Waals surface area contributed by atoms with Gasteiger partial charge in [0.25, 0.3) is 0 Å². The lowest BCUT2D eigenvalue weighted by Gasteiger charge is -2.07.